The zero-order valence-corrected chi connectivity index (χ0v) is 20.3. The number of rotatable bonds is 8. The summed E-state index contributed by atoms with van der Waals surface area (Å²) in [5.74, 6) is 2.73. The van der Waals surface area contributed by atoms with Crippen LogP contribution in [0.25, 0.3) is 0 Å². The van der Waals surface area contributed by atoms with Gasteiger partial charge in [0.15, 0.2) is 17.5 Å². The summed E-state index contributed by atoms with van der Waals surface area (Å²) in [6.07, 6.45) is 3.95. The Morgan fingerprint density at radius 1 is 1.19 bits per heavy atom. The summed E-state index contributed by atoms with van der Waals surface area (Å²) in [6.45, 7) is 7.31. The fourth-order valence-corrected chi connectivity index (χ4v) is 4.62. The maximum atomic E-state index is 12.4. The molecule has 8 nitrogen and oxygen atoms in total. The molecule has 1 unspecified atom stereocenters. The van der Waals surface area contributed by atoms with Gasteiger partial charge in [-0.1, -0.05) is 0 Å². The molecule has 1 amide bonds. The van der Waals surface area contributed by atoms with Crippen LogP contribution >= 0.6 is 0 Å². The number of likely N-dealkylation sites (tertiary alicyclic amines) is 1. The molecule has 0 saturated carbocycles. The molecule has 0 spiro atoms. The summed E-state index contributed by atoms with van der Waals surface area (Å²) in [7, 11) is 7.03. The molecule has 1 aromatic rings. The fraction of sp³-hybridized carbons (Fsp3) is 0.667. The van der Waals surface area contributed by atoms with Crippen LogP contribution in [0, 0.1) is 0 Å². The van der Waals surface area contributed by atoms with Gasteiger partial charge in [0.2, 0.25) is 5.91 Å². The second-order valence-electron chi connectivity index (χ2n) is 8.66. The van der Waals surface area contributed by atoms with Crippen LogP contribution in [0.5, 0.6) is 11.5 Å². The van der Waals surface area contributed by atoms with Crippen molar-refractivity contribution in [3.05, 3.63) is 23.3 Å². The van der Waals surface area contributed by atoms with Crippen LogP contribution in [0.15, 0.2) is 17.1 Å². The van der Waals surface area contributed by atoms with Crippen LogP contribution in [0.2, 0.25) is 0 Å². The molecular formula is C24H39N5O3. The Hall–Kier alpha value is -2.48. The van der Waals surface area contributed by atoms with Gasteiger partial charge in [0, 0.05) is 46.8 Å². The molecule has 0 aromatic heterocycles. The predicted octanol–water partition coefficient (Wildman–Crippen LogP) is 1.97. The van der Waals surface area contributed by atoms with Crippen molar-refractivity contribution in [2.75, 3.05) is 61.0 Å². The number of ether oxygens (including phenoxy) is 2. The molecular weight excluding hydrogens is 406 g/mol. The summed E-state index contributed by atoms with van der Waals surface area (Å²) in [5, 5.41) is 3.45. The topological polar surface area (TPSA) is 69.6 Å². The predicted molar refractivity (Wildman–Crippen MR) is 128 cm³/mol. The normalized spacial score (nSPS) is 19.0. The van der Waals surface area contributed by atoms with Crippen molar-refractivity contribution in [3.8, 4) is 11.5 Å². The van der Waals surface area contributed by atoms with E-state index in [0.717, 1.165) is 82.4 Å². The van der Waals surface area contributed by atoms with Crippen molar-refractivity contribution in [2.24, 2.45) is 4.99 Å². The molecule has 0 radical (unpaired) electrons. The summed E-state index contributed by atoms with van der Waals surface area (Å²) in [5.41, 5.74) is 2.56. The Balaban J connectivity index is 1.60. The monoisotopic (exact) mass is 445 g/mol. The van der Waals surface area contributed by atoms with E-state index >= 15 is 0 Å². The maximum Gasteiger partial charge on any atom is 0.239 e. The third kappa shape index (κ3) is 5.65. The van der Waals surface area contributed by atoms with Crippen molar-refractivity contribution in [1.82, 2.24) is 20.0 Å². The molecule has 1 aromatic carbocycles. The SMILES string of the molecule is CCNC(=NCCCN1CCCC1C(=O)N(C)C)N1CCc2cc(OC)c(OC)cc2C1. The van der Waals surface area contributed by atoms with E-state index in [0.29, 0.717) is 0 Å². The number of carbonyl (C=O) groups is 1. The maximum absolute atomic E-state index is 12.4. The largest absolute Gasteiger partial charge is 0.493 e. The van der Waals surface area contributed by atoms with Gasteiger partial charge in [0.1, 0.15) is 0 Å². The van der Waals surface area contributed by atoms with Gasteiger partial charge in [-0.25, -0.2) is 0 Å². The molecule has 2 heterocycles. The Kier molecular flexibility index (Phi) is 8.61. The molecule has 32 heavy (non-hydrogen) atoms. The van der Waals surface area contributed by atoms with Crippen LogP contribution in [0.3, 0.4) is 0 Å². The number of nitrogens with zero attached hydrogens (tertiary/aromatic N) is 4. The van der Waals surface area contributed by atoms with E-state index in [1.54, 1.807) is 19.1 Å². The lowest BCUT2D eigenvalue weighted by Gasteiger charge is -2.32. The molecule has 1 N–H and O–H groups in total. The first kappa shape index (κ1) is 24.2. The van der Waals surface area contributed by atoms with Crippen LogP contribution in [0.1, 0.15) is 37.3 Å². The minimum atomic E-state index is 0.0350. The highest BCUT2D eigenvalue weighted by molar-refractivity contribution is 5.81. The highest BCUT2D eigenvalue weighted by atomic mass is 16.5. The lowest BCUT2D eigenvalue weighted by molar-refractivity contribution is -0.133. The number of hydrogen-bond donors (Lipinski definition) is 1. The average Bonchev–Trinajstić information content (AvgIpc) is 3.27. The molecule has 2 aliphatic rings. The average molecular weight is 446 g/mol. The van der Waals surface area contributed by atoms with Gasteiger partial charge in [-0.3, -0.25) is 14.7 Å². The second-order valence-corrected chi connectivity index (χ2v) is 8.66. The van der Waals surface area contributed by atoms with E-state index in [2.05, 4.69) is 34.2 Å². The number of hydrogen-bond acceptors (Lipinski definition) is 5. The van der Waals surface area contributed by atoms with Crippen molar-refractivity contribution >= 4 is 11.9 Å². The van der Waals surface area contributed by atoms with Gasteiger partial charge >= 0.3 is 0 Å². The van der Waals surface area contributed by atoms with Crippen molar-refractivity contribution < 1.29 is 14.3 Å². The molecule has 1 atom stereocenters. The Morgan fingerprint density at radius 3 is 2.56 bits per heavy atom. The van der Waals surface area contributed by atoms with E-state index < -0.39 is 0 Å². The number of amides is 1. The Bertz CT molecular complexity index is 811. The van der Waals surface area contributed by atoms with E-state index in [4.69, 9.17) is 14.5 Å². The number of carbonyl (C=O) groups excluding carboxylic acids is 1. The first-order valence-corrected chi connectivity index (χ1v) is 11.7. The fourth-order valence-electron chi connectivity index (χ4n) is 4.62. The van der Waals surface area contributed by atoms with Crippen LogP contribution in [-0.4, -0.2) is 93.6 Å². The summed E-state index contributed by atoms with van der Waals surface area (Å²) in [4.78, 5) is 23.6. The molecule has 1 fully saturated rings. The number of benzene rings is 1. The van der Waals surface area contributed by atoms with Gasteiger partial charge in [0.05, 0.1) is 20.3 Å². The Morgan fingerprint density at radius 2 is 1.91 bits per heavy atom. The molecule has 3 rings (SSSR count). The number of aliphatic imine (C=N–C) groups is 1. The van der Waals surface area contributed by atoms with Crippen molar-refractivity contribution in [2.45, 2.75) is 45.2 Å². The minimum Gasteiger partial charge on any atom is -0.493 e. The van der Waals surface area contributed by atoms with Crippen LogP contribution in [-0.2, 0) is 17.8 Å². The molecule has 0 aliphatic carbocycles. The quantitative estimate of drug-likeness (QED) is 0.375. The van der Waals surface area contributed by atoms with Gasteiger partial charge < -0.3 is 24.6 Å². The lowest BCUT2D eigenvalue weighted by Crippen LogP contribution is -2.44. The third-order valence-electron chi connectivity index (χ3n) is 6.31. The van der Waals surface area contributed by atoms with Gasteiger partial charge in [-0.05, 0) is 62.4 Å². The van der Waals surface area contributed by atoms with Gasteiger partial charge in [-0.15, -0.1) is 0 Å². The zero-order valence-electron chi connectivity index (χ0n) is 20.3. The molecule has 2 aliphatic heterocycles. The highest BCUT2D eigenvalue weighted by Gasteiger charge is 2.31. The first-order valence-electron chi connectivity index (χ1n) is 11.7. The van der Waals surface area contributed by atoms with E-state index in [1.807, 2.05) is 14.1 Å². The van der Waals surface area contributed by atoms with E-state index in [1.165, 1.54) is 11.1 Å². The third-order valence-corrected chi connectivity index (χ3v) is 6.31. The summed E-state index contributed by atoms with van der Waals surface area (Å²) < 4.78 is 10.9. The lowest BCUT2D eigenvalue weighted by atomic mass is 9.99. The van der Waals surface area contributed by atoms with E-state index in [9.17, 15) is 4.79 Å². The number of likely N-dealkylation sites (N-methyl/N-ethyl adjacent to an activating group) is 1. The number of fused-ring (bicyclic) bond motifs is 1. The molecule has 8 heteroatoms. The van der Waals surface area contributed by atoms with Gasteiger partial charge in [0.25, 0.3) is 0 Å². The zero-order chi connectivity index (χ0) is 23.1. The number of methoxy groups -OCH3 is 2. The molecule has 1 saturated heterocycles. The molecule has 178 valence electrons. The highest BCUT2D eigenvalue weighted by Crippen LogP contribution is 2.33. The summed E-state index contributed by atoms with van der Waals surface area (Å²) >= 11 is 0. The first-order chi connectivity index (χ1) is 15.5. The standard InChI is InChI=1S/C24H39N5O3/c1-6-25-24(26-11-8-13-28-12-7-9-20(28)23(30)27(2)3)29-14-10-18-15-21(31-4)22(32-5)16-19(18)17-29/h15-16,20H,6-14,17H2,1-5H3,(H,25,26). The van der Waals surface area contributed by atoms with Crippen molar-refractivity contribution in [3.63, 3.8) is 0 Å². The Labute approximate surface area is 192 Å². The van der Waals surface area contributed by atoms with Gasteiger partial charge in [-0.2, -0.15) is 0 Å². The number of nitrogens with one attached hydrogen (secondary N) is 1. The smallest absolute Gasteiger partial charge is 0.239 e. The van der Waals surface area contributed by atoms with Crippen LogP contribution < -0.4 is 14.8 Å². The number of guanidine groups is 1. The minimum absolute atomic E-state index is 0.0350. The van der Waals surface area contributed by atoms with E-state index in [-0.39, 0.29) is 11.9 Å². The van der Waals surface area contributed by atoms with Crippen LogP contribution in [0.4, 0.5) is 0 Å². The van der Waals surface area contributed by atoms with Crippen molar-refractivity contribution in [1.29, 1.82) is 0 Å². The summed E-state index contributed by atoms with van der Waals surface area (Å²) in [6, 6.07) is 4.21. The second kappa shape index (κ2) is 11.4. The molecule has 0 bridgehead atoms.